The maximum Gasteiger partial charge on any atom is 0.242 e. The number of aliphatic hydroxyl groups is 1. The number of rotatable bonds is 13. The smallest absolute Gasteiger partial charge is 0.242 e. The summed E-state index contributed by atoms with van der Waals surface area (Å²) >= 11 is 0. The highest BCUT2D eigenvalue weighted by Crippen LogP contribution is 2.27. The van der Waals surface area contributed by atoms with Gasteiger partial charge in [-0.2, -0.15) is 0 Å². The Hall–Kier alpha value is -3.80. The summed E-state index contributed by atoms with van der Waals surface area (Å²) in [6, 6.07) is 27.1. The van der Waals surface area contributed by atoms with Gasteiger partial charge in [0.05, 0.1) is 19.8 Å². The average Bonchev–Trinajstić information content (AvgIpc) is 2.99. The number of carbonyl (C=O) groups is 1. The highest BCUT2D eigenvalue weighted by atomic mass is 16.7. The Kier molecular flexibility index (Phi) is 11.2. The zero-order chi connectivity index (χ0) is 29.0. The van der Waals surface area contributed by atoms with Crippen molar-refractivity contribution < 1.29 is 28.8 Å². The van der Waals surface area contributed by atoms with Crippen molar-refractivity contribution in [3.05, 3.63) is 96.1 Å². The summed E-state index contributed by atoms with van der Waals surface area (Å²) in [5, 5.41) is 14.1. The number of ether oxygens (including phenoxy) is 4. The molecule has 6 N–H and O–H groups in total. The molecule has 3 aromatic rings. The van der Waals surface area contributed by atoms with Crippen molar-refractivity contribution in [2.45, 2.75) is 43.7 Å². The van der Waals surface area contributed by atoms with E-state index in [1.54, 1.807) is 0 Å². The number of aliphatic imine (C=N–C) groups is 1. The number of guanidine groups is 1. The molecule has 0 radical (unpaired) electrons. The zero-order valence-electron chi connectivity index (χ0n) is 23.1. The molecule has 0 aliphatic carbocycles. The lowest BCUT2D eigenvalue weighted by Gasteiger charge is -2.44. The number of nitrogens with two attached hydrogens (primary N) is 2. The Labute approximate surface area is 240 Å². The first-order valence-electron chi connectivity index (χ1n) is 13.5. The van der Waals surface area contributed by atoms with Crippen LogP contribution in [0.2, 0.25) is 0 Å². The van der Waals surface area contributed by atoms with Gasteiger partial charge in [-0.3, -0.25) is 4.79 Å². The lowest BCUT2D eigenvalue weighted by molar-refractivity contribution is -0.279. The molecule has 1 aliphatic rings. The highest BCUT2D eigenvalue weighted by Gasteiger charge is 2.47. The zero-order valence-corrected chi connectivity index (χ0v) is 23.1. The molecule has 1 fully saturated rings. The fraction of sp³-hybridized carbons (Fsp3) is 0.355. The SMILES string of the molecule is COC[C@H]1OC(OCCc2ccccc2)[C@H](NC(=O)CN=C(N)N)[C@@H](OCc2ccc(-c3ccccc3)cc2)[C@@H]1O. The lowest BCUT2D eigenvalue weighted by atomic mass is 9.96. The summed E-state index contributed by atoms with van der Waals surface area (Å²) in [5.41, 5.74) is 15.0. The monoisotopic (exact) mass is 562 g/mol. The Bertz CT molecular complexity index is 1240. The summed E-state index contributed by atoms with van der Waals surface area (Å²) < 4.78 is 23.8. The number of nitrogens with one attached hydrogen (secondary N) is 1. The maximum absolute atomic E-state index is 12.8. The van der Waals surface area contributed by atoms with Crippen LogP contribution in [0.1, 0.15) is 11.1 Å². The summed E-state index contributed by atoms with van der Waals surface area (Å²) in [5.74, 6) is -0.676. The number of carbonyl (C=O) groups excluding carboxylic acids is 1. The molecule has 1 aliphatic heterocycles. The van der Waals surface area contributed by atoms with Crippen LogP contribution in [0.5, 0.6) is 0 Å². The minimum Gasteiger partial charge on any atom is -0.388 e. The summed E-state index contributed by atoms with van der Waals surface area (Å²) in [6.07, 6.45) is -3.01. The fourth-order valence-electron chi connectivity index (χ4n) is 4.66. The van der Waals surface area contributed by atoms with Crippen molar-refractivity contribution >= 4 is 11.9 Å². The average molecular weight is 563 g/mol. The standard InChI is InChI=1S/C31H38N4O6/c1-38-20-25-28(37)29(40-19-22-12-14-24(15-13-22)23-10-6-3-7-11-23)27(35-26(36)18-34-31(32)33)30(41-25)39-17-16-21-8-4-2-5-9-21/h2-15,25,27-30,37H,16-20H2,1H3,(H,35,36)(H4,32,33,34)/t25-,27-,28-,29-,30?/m1/s1. The first-order chi connectivity index (χ1) is 19.9. The minimum atomic E-state index is -1.11. The number of nitrogens with zero attached hydrogens (tertiary/aromatic N) is 1. The molecule has 5 atom stereocenters. The number of methoxy groups -OCH3 is 1. The molecule has 1 saturated heterocycles. The second-order valence-corrected chi connectivity index (χ2v) is 9.77. The maximum atomic E-state index is 12.8. The third-order valence-corrected chi connectivity index (χ3v) is 6.76. The van der Waals surface area contributed by atoms with Crippen molar-refractivity contribution in [3.8, 4) is 11.1 Å². The second kappa shape index (κ2) is 15.3. The molecule has 10 heteroatoms. The molecule has 0 bridgehead atoms. The second-order valence-electron chi connectivity index (χ2n) is 9.77. The molecular weight excluding hydrogens is 524 g/mol. The van der Waals surface area contributed by atoms with Crippen molar-refractivity contribution in [2.24, 2.45) is 16.5 Å². The molecule has 4 rings (SSSR count). The normalized spacial score (nSPS) is 22.1. The molecule has 10 nitrogen and oxygen atoms in total. The van der Waals surface area contributed by atoms with Crippen LogP contribution in [0.4, 0.5) is 0 Å². The van der Waals surface area contributed by atoms with Gasteiger partial charge < -0.3 is 40.8 Å². The van der Waals surface area contributed by atoms with Crippen LogP contribution >= 0.6 is 0 Å². The van der Waals surface area contributed by atoms with Gasteiger partial charge in [-0.15, -0.1) is 0 Å². The van der Waals surface area contributed by atoms with E-state index in [1.807, 2.05) is 84.9 Å². The van der Waals surface area contributed by atoms with Crippen LogP contribution in [0.25, 0.3) is 11.1 Å². The predicted octanol–water partition coefficient (Wildman–Crippen LogP) is 1.99. The summed E-state index contributed by atoms with van der Waals surface area (Å²) in [6.45, 7) is 0.326. The van der Waals surface area contributed by atoms with Crippen molar-refractivity contribution in [1.29, 1.82) is 0 Å². The van der Waals surface area contributed by atoms with Crippen molar-refractivity contribution in [1.82, 2.24) is 5.32 Å². The Balaban J connectivity index is 1.50. The fourth-order valence-corrected chi connectivity index (χ4v) is 4.66. The van der Waals surface area contributed by atoms with Crippen LogP contribution in [-0.4, -0.2) is 74.5 Å². The molecule has 0 aromatic heterocycles. The number of benzene rings is 3. The number of hydrogen-bond donors (Lipinski definition) is 4. The largest absolute Gasteiger partial charge is 0.388 e. The number of hydrogen-bond acceptors (Lipinski definition) is 7. The van der Waals surface area contributed by atoms with Crippen LogP contribution in [0.15, 0.2) is 89.9 Å². The Morgan fingerprint density at radius 3 is 2.24 bits per heavy atom. The van der Waals surface area contributed by atoms with Gasteiger partial charge in [0.2, 0.25) is 5.91 Å². The van der Waals surface area contributed by atoms with Crippen LogP contribution in [-0.2, 0) is 36.8 Å². The quantitative estimate of drug-likeness (QED) is 0.182. The van der Waals surface area contributed by atoms with Gasteiger partial charge in [-0.05, 0) is 28.7 Å². The van der Waals surface area contributed by atoms with E-state index in [2.05, 4.69) is 10.3 Å². The Morgan fingerprint density at radius 1 is 0.927 bits per heavy atom. The van der Waals surface area contributed by atoms with E-state index in [4.69, 9.17) is 30.4 Å². The van der Waals surface area contributed by atoms with Gasteiger partial charge in [0, 0.05) is 7.11 Å². The third kappa shape index (κ3) is 8.84. The summed E-state index contributed by atoms with van der Waals surface area (Å²) in [4.78, 5) is 16.5. The van der Waals surface area contributed by atoms with Crippen molar-refractivity contribution in [3.63, 3.8) is 0 Å². The third-order valence-electron chi connectivity index (χ3n) is 6.76. The minimum absolute atomic E-state index is 0.111. The van der Waals surface area contributed by atoms with E-state index in [-0.39, 0.29) is 25.7 Å². The van der Waals surface area contributed by atoms with E-state index in [9.17, 15) is 9.90 Å². The summed E-state index contributed by atoms with van der Waals surface area (Å²) in [7, 11) is 1.52. The first kappa shape index (κ1) is 30.2. The molecule has 218 valence electrons. The first-order valence-corrected chi connectivity index (χ1v) is 13.5. The molecule has 1 amide bonds. The van der Waals surface area contributed by atoms with Crippen LogP contribution < -0.4 is 16.8 Å². The molecule has 1 unspecified atom stereocenters. The molecule has 0 saturated carbocycles. The van der Waals surface area contributed by atoms with Gasteiger partial charge in [-0.1, -0.05) is 84.9 Å². The van der Waals surface area contributed by atoms with E-state index < -0.39 is 36.6 Å². The van der Waals surface area contributed by atoms with Crippen LogP contribution in [0, 0.1) is 0 Å². The van der Waals surface area contributed by atoms with Gasteiger partial charge in [0.25, 0.3) is 0 Å². The lowest BCUT2D eigenvalue weighted by Crippen LogP contribution is -2.65. The van der Waals surface area contributed by atoms with E-state index in [0.29, 0.717) is 13.0 Å². The molecular formula is C31H38N4O6. The van der Waals surface area contributed by atoms with E-state index in [0.717, 1.165) is 22.3 Å². The number of amides is 1. The molecule has 41 heavy (non-hydrogen) atoms. The topological polar surface area (TPSA) is 151 Å². The van der Waals surface area contributed by atoms with Gasteiger partial charge in [0.15, 0.2) is 12.2 Å². The molecule has 3 aromatic carbocycles. The van der Waals surface area contributed by atoms with Gasteiger partial charge >= 0.3 is 0 Å². The highest BCUT2D eigenvalue weighted by molar-refractivity contribution is 5.83. The molecule has 0 spiro atoms. The molecule has 1 heterocycles. The van der Waals surface area contributed by atoms with Gasteiger partial charge in [0.1, 0.15) is 30.9 Å². The van der Waals surface area contributed by atoms with Crippen LogP contribution in [0.3, 0.4) is 0 Å². The van der Waals surface area contributed by atoms with E-state index >= 15 is 0 Å². The van der Waals surface area contributed by atoms with Crippen molar-refractivity contribution in [2.75, 3.05) is 26.9 Å². The van der Waals surface area contributed by atoms with E-state index in [1.165, 1.54) is 7.11 Å². The Morgan fingerprint density at radius 2 is 1.59 bits per heavy atom. The number of aliphatic hydroxyl groups excluding tert-OH is 1. The predicted molar refractivity (Wildman–Crippen MR) is 156 cm³/mol. The van der Waals surface area contributed by atoms with Gasteiger partial charge in [-0.25, -0.2) is 4.99 Å².